The van der Waals surface area contributed by atoms with Gasteiger partial charge in [0.2, 0.25) is 12.1 Å². The zero-order valence-corrected chi connectivity index (χ0v) is 6.73. The van der Waals surface area contributed by atoms with E-state index in [1.54, 1.807) is 30.3 Å². The number of Topliss-reactive ketones (excluding diaryl/α,β-unsaturated/α-hetero) is 1. The van der Waals surface area contributed by atoms with Gasteiger partial charge in [-0.3, -0.25) is 4.79 Å². The molecule has 0 bridgehead atoms. The molecule has 0 amide bonds. The summed E-state index contributed by atoms with van der Waals surface area (Å²) in [6, 6.07) is 8.52. The molecule has 0 aliphatic heterocycles. The molecule has 0 saturated heterocycles. The maximum absolute atomic E-state index is 11.2. The summed E-state index contributed by atoms with van der Waals surface area (Å²) in [6.45, 7) is 0. The third kappa shape index (κ3) is 1.90. The number of ether oxygens (including phenoxy) is 1. The smallest absolute Gasteiger partial charge is 0.219 e. The van der Waals surface area contributed by atoms with Gasteiger partial charge in [-0.2, -0.15) is 0 Å². The number of carbonyl (C=O) groups is 1. The molecule has 12 heavy (non-hydrogen) atoms. The number of hydrogen-bond donors (Lipinski definition) is 1. The van der Waals surface area contributed by atoms with Crippen LogP contribution in [-0.4, -0.2) is 24.3 Å². The van der Waals surface area contributed by atoms with Crippen molar-refractivity contribution in [2.45, 2.75) is 6.29 Å². The minimum Gasteiger partial charge on any atom is -0.362 e. The second-order valence-corrected chi connectivity index (χ2v) is 2.32. The van der Waals surface area contributed by atoms with Crippen LogP contribution in [0.15, 0.2) is 30.3 Å². The molecule has 0 aromatic heterocycles. The molecule has 3 nitrogen and oxygen atoms in total. The van der Waals surface area contributed by atoms with Crippen molar-refractivity contribution in [3.63, 3.8) is 0 Å². The van der Waals surface area contributed by atoms with Gasteiger partial charge in [0.25, 0.3) is 0 Å². The first kappa shape index (κ1) is 8.90. The molecule has 0 spiro atoms. The van der Waals surface area contributed by atoms with Crippen LogP contribution >= 0.6 is 0 Å². The van der Waals surface area contributed by atoms with Gasteiger partial charge in [-0.15, -0.1) is 0 Å². The van der Waals surface area contributed by atoms with Gasteiger partial charge in [0.05, 0.1) is 0 Å². The number of aliphatic hydroxyl groups is 1. The van der Waals surface area contributed by atoms with E-state index in [0.29, 0.717) is 5.56 Å². The van der Waals surface area contributed by atoms with Crippen LogP contribution < -0.4 is 0 Å². The normalized spacial score (nSPS) is 12.5. The van der Waals surface area contributed by atoms with Gasteiger partial charge in [0.15, 0.2) is 0 Å². The topological polar surface area (TPSA) is 46.5 Å². The van der Waals surface area contributed by atoms with Gasteiger partial charge in [-0.1, -0.05) is 30.3 Å². The zero-order chi connectivity index (χ0) is 8.97. The third-order valence-corrected chi connectivity index (χ3v) is 1.51. The van der Waals surface area contributed by atoms with Crippen LogP contribution in [-0.2, 0) is 4.74 Å². The Morgan fingerprint density at radius 3 is 2.50 bits per heavy atom. The predicted molar refractivity (Wildman–Crippen MR) is 43.8 cm³/mol. The summed E-state index contributed by atoms with van der Waals surface area (Å²) in [5, 5.41) is 9.01. The van der Waals surface area contributed by atoms with E-state index in [1.165, 1.54) is 7.11 Å². The zero-order valence-electron chi connectivity index (χ0n) is 6.73. The Kier molecular flexibility index (Phi) is 2.96. The first-order valence-corrected chi connectivity index (χ1v) is 3.56. The van der Waals surface area contributed by atoms with Gasteiger partial charge in [-0.25, -0.2) is 0 Å². The molecule has 0 saturated carbocycles. The second kappa shape index (κ2) is 3.99. The fourth-order valence-electron chi connectivity index (χ4n) is 0.852. The highest BCUT2D eigenvalue weighted by Gasteiger charge is 2.14. The minimum absolute atomic E-state index is 0.418. The van der Waals surface area contributed by atoms with Crippen LogP contribution in [0.1, 0.15) is 10.4 Å². The number of ketones is 1. The van der Waals surface area contributed by atoms with Crippen LogP contribution in [0.3, 0.4) is 0 Å². The maximum Gasteiger partial charge on any atom is 0.219 e. The Bertz CT molecular complexity index is 256. The van der Waals surface area contributed by atoms with E-state index in [-0.39, 0.29) is 0 Å². The number of hydrogen-bond acceptors (Lipinski definition) is 3. The van der Waals surface area contributed by atoms with E-state index in [4.69, 9.17) is 5.11 Å². The van der Waals surface area contributed by atoms with Crippen molar-refractivity contribution in [3.05, 3.63) is 35.9 Å². The van der Waals surface area contributed by atoms with Crippen LogP contribution in [0.5, 0.6) is 0 Å². The minimum atomic E-state index is -1.35. The molecule has 1 atom stereocenters. The molecular weight excluding hydrogens is 156 g/mol. The molecule has 1 N–H and O–H groups in total. The fraction of sp³-hybridized carbons (Fsp3) is 0.222. The van der Waals surface area contributed by atoms with Crippen LogP contribution in [0, 0.1) is 0 Å². The van der Waals surface area contributed by atoms with E-state index >= 15 is 0 Å². The van der Waals surface area contributed by atoms with Crippen LogP contribution in [0.2, 0.25) is 0 Å². The van der Waals surface area contributed by atoms with Gasteiger partial charge >= 0.3 is 0 Å². The molecule has 0 heterocycles. The Hall–Kier alpha value is -1.19. The average Bonchev–Trinajstić information content (AvgIpc) is 2.17. The Morgan fingerprint density at radius 1 is 1.42 bits per heavy atom. The number of methoxy groups -OCH3 is 1. The third-order valence-electron chi connectivity index (χ3n) is 1.51. The van der Waals surface area contributed by atoms with Gasteiger partial charge in [-0.05, 0) is 0 Å². The highest BCUT2D eigenvalue weighted by molar-refractivity contribution is 5.98. The Labute approximate surface area is 70.6 Å². The average molecular weight is 166 g/mol. The van der Waals surface area contributed by atoms with Crippen molar-refractivity contribution < 1.29 is 14.6 Å². The van der Waals surface area contributed by atoms with Crippen molar-refractivity contribution in [1.82, 2.24) is 0 Å². The largest absolute Gasteiger partial charge is 0.362 e. The molecule has 64 valence electrons. The second-order valence-electron chi connectivity index (χ2n) is 2.32. The van der Waals surface area contributed by atoms with Crippen molar-refractivity contribution in [2.75, 3.05) is 7.11 Å². The highest BCUT2D eigenvalue weighted by Crippen LogP contribution is 2.03. The summed E-state index contributed by atoms with van der Waals surface area (Å²) in [5.41, 5.74) is 0.451. The number of benzene rings is 1. The first-order chi connectivity index (χ1) is 5.75. The SMILES string of the molecule is COC(O)C(=O)c1ccccc1. The van der Waals surface area contributed by atoms with Crippen molar-refractivity contribution in [1.29, 1.82) is 0 Å². The van der Waals surface area contributed by atoms with Crippen molar-refractivity contribution in [3.8, 4) is 0 Å². The monoisotopic (exact) mass is 166 g/mol. The van der Waals surface area contributed by atoms with Gasteiger partial charge in [0.1, 0.15) is 0 Å². The standard InChI is InChI=1S/C9H10O3/c1-12-9(11)8(10)7-5-3-2-4-6-7/h2-6,9,11H,1H3. The summed E-state index contributed by atoms with van der Waals surface area (Å²) < 4.78 is 4.47. The molecule has 3 heteroatoms. The molecule has 1 aromatic rings. The summed E-state index contributed by atoms with van der Waals surface area (Å²) in [6.07, 6.45) is -1.35. The van der Waals surface area contributed by atoms with Gasteiger partial charge in [0, 0.05) is 12.7 Å². The highest BCUT2D eigenvalue weighted by atomic mass is 16.6. The van der Waals surface area contributed by atoms with E-state index in [0.717, 1.165) is 0 Å². The molecule has 1 rings (SSSR count). The molecule has 0 aliphatic carbocycles. The van der Waals surface area contributed by atoms with E-state index in [1.807, 2.05) is 0 Å². The molecule has 0 fully saturated rings. The molecular formula is C9H10O3. The predicted octanol–water partition coefficient (Wildman–Crippen LogP) is 0.834. The fourth-order valence-corrected chi connectivity index (χ4v) is 0.852. The number of carbonyl (C=O) groups excluding carboxylic acids is 1. The number of rotatable bonds is 3. The Balaban J connectivity index is 2.79. The number of aliphatic hydroxyl groups excluding tert-OH is 1. The van der Waals surface area contributed by atoms with E-state index in [9.17, 15) is 4.79 Å². The Morgan fingerprint density at radius 2 is 2.00 bits per heavy atom. The lowest BCUT2D eigenvalue weighted by molar-refractivity contribution is -0.0483. The summed E-state index contributed by atoms with van der Waals surface area (Å²) >= 11 is 0. The van der Waals surface area contributed by atoms with E-state index in [2.05, 4.69) is 4.74 Å². The first-order valence-electron chi connectivity index (χ1n) is 3.56. The lowest BCUT2D eigenvalue weighted by Gasteiger charge is -2.05. The maximum atomic E-state index is 11.2. The summed E-state index contributed by atoms with van der Waals surface area (Å²) in [5.74, 6) is -0.418. The molecule has 1 unspecified atom stereocenters. The lowest BCUT2D eigenvalue weighted by atomic mass is 10.1. The lowest BCUT2D eigenvalue weighted by Crippen LogP contribution is -2.21. The molecule has 1 aromatic carbocycles. The summed E-state index contributed by atoms with van der Waals surface area (Å²) in [7, 11) is 1.28. The van der Waals surface area contributed by atoms with Crippen molar-refractivity contribution in [2.24, 2.45) is 0 Å². The van der Waals surface area contributed by atoms with Crippen LogP contribution in [0.25, 0.3) is 0 Å². The molecule has 0 aliphatic rings. The van der Waals surface area contributed by atoms with E-state index < -0.39 is 12.1 Å². The van der Waals surface area contributed by atoms with Crippen LogP contribution in [0.4, 0.5) is 0 Å². The molecule has 0 radical (unpaired) electrons. The van der Waals surface area contributed by atoms with Gasteiger partial charge < -0.3 is 9.84 Å². The van der Waals surface area contributed by atoms with Crippen molar-refractivity contribution >= 4 is 5.78 Å². The summed E-state index contributed by atoms with van der Waals surface area (Å²) in [4.78, 5) is 11.2. The quantitative estimate of drug-likeness (QED) is 0.534.